The van der Waals surface area contributed by atoms with Crippen LogP contribution < -0.4 is 15.4 Å². The molecule has 1 amide bonds. The van der Waals surface area contributed by atoms with Gasteiger partial charge < -0.3 is 14.8 Å². The van der Waals surface area contributed by atoms with Crippen LogP contribution in [0.2, 0.25) is 0 Å². The summed E-state index contributed by atoms with van der Waals surface area (Å²) in [5.41, 5.74) is 5.87. The molecular weight excluding hydrogens is 428 g/mol. The topological polar surface area (TPSA) is 89.3 Å². The minimum atomic E-state index is -1.29. The molecule has 7 heteroatoms. The Morgan fingerprint density at radius 3 is 2.29 bits per heavy atom. The van der Waals surface area contributed by atoms with E-state index < -0.39 is 5.97 Å². The third-order valence-corrected chi connectivity index (χ3v) is 6.03. The van der Waals surface area contributed by atoms with E-state index in [1.54, 1.807) is 30.3 Å². The summed E-state index contributed by atoms with van der Waals surface area (Å²) >= 11 is 0. The number of quaternary nitrogens is 1. The van der Waals surface area contributed by atoms with Crippen LogP contribution in [0.25, 0.3) is 0 Å². The molecule has 174 valence electrons. The number of carboxylic acids is 1. The van der Waals surface area contributed by atoms with Gasteiger partial charge in [0.1, 0.15) is 6.54 Å². The van der Waals surface area contributed by atoms with Gasteiger partial charge in [-0.2, -0.15) is 5.10 Å². The van der Waals surface area contributed by atoms with Crippen LogP contribution in [-0.4, -0.2) is 49.2 Å². The van der Waals surface area contributed by atoms with Crippen molar-refractivity contribution in [3.05, 3.63) is 107 Å². The number of amides is 1. The maximum atomic E-state index is 12.4. The van der Waals surface area contributed by atoms with E-state index in [2.05, 4.69) is 39.7 Å². The molecule has 1 aliphatic heterocycles. The average molecular weight is 457 g/mol. The molecule has 2 N–H and O–H groups in total. The maximum Gasteiger partial charge on any atom is 0.271 e. The zero-order valence-electron chi connectivity index (χ0n) is 18.9. The SMILES string of the molecule is O=C(NN=Cc1ccccc1C(=O)[O-])c1ccc(C[NH+]2CCN(Cc3ccccc3)CC2)cc1. The van der Waals surface area contributed by atoms with Crippen LogP contribution >= 0.6 is 0 Å². The Kier molecular flexibility index (Phi) is 7.80. The van der Waals surface area contributed by atoms with E-state index in [9.17, 15) is 14.7 Å². The molecule has 0 bridgehead atoms. The number of piperazine rings is 1. The van der Waals surface area contributed by atoms with Crippen LogP contribution in [0.15, 0.2) is 84.0 Å². The van der Waals surface area contributed by atoms with E-state index in [1.165, 1.54) is 28.3 Å². The number of hydrogen-bond acceptors (Lipinski definition) is 5. The lowest BCUT2D eigenvalue weighted by molar-refractivity contribution is -0.918. The predicted molar refractivity (Wildman–Crippen MR) is 128 cm³/mol. The minimum Gasteiger partial charge on any atom is -0.545 e. The van der Waals surface area contributed by atoms with Gasteiger partial charge in [-0.3, -0.25) is 9.69 Å². The molecule has 0 aliphatic carbocycles. The number of aromatic carboxylic acids is 1. The van der Waals surface area contributed by atoms with Gasteiger partial charge in [-0.25, -0.2) is 5.43 Å². The summed E-state index contributed by atoms with van der Waals surface area (Å²) in [6.45, 7) is 6.26. The molecule has 1 fully saturated rings. The molecular formula is C27H28N4O3. The fourth-order valence-corrected chi connectivity index (χ4v) is 4.13. The Morgan fingerprint density at radius 1 is 0.912 bits per heavy atom. The van der Waals surface area contributed by atoms with E-state index in [0.717, 1.165) is 39.3 Å². The molecule has 1 aliphatic rings. The molecule has 0 aromatic heterocycles. The zero-order valence-corrected chi connectivity index (χ0v) is 18.9. The third kappa shape index (κ3) is 6.37. The first-order chi connectivity index (χ1) is 16.6. The molecule has 0 radical (unpaired) electrons. The number of carboxylic acid groups (broad SMARTS) is 1. The summed E-state index contributed by atoms with van der Waals surface area (Å²) in [5.74, 6) is -1.64. The van der Waals surface area contributed by atoms with Gasteiger partial charge in [-0.15, -0.1) is 0 Å². The molecule has 0 atom stereocenters. The molecule has 3 aromatic rings. The van der Waals surface area contributed by atoms with Crippen molar-refractivity contribution in [1.82, 2.24) is 10.3 Å². The van der Waals surface area contributed by atoms with E-state index in [0.29, 0.717) is 11.1 Å². The first-order valence-electron chi connectivity index (χ1n) is 11.4. The number of nitrogens with zero attached hydrogens (tertiary/aromatic N) is 2. The van der Waals surface area contributed by atoms with Gasteiger partial charge in [-0.1, -0.05) is 66.7 Å². The van der Waals surface area contributed by atoms with Crippen molar-refractivity contribution in [2.45, 2.75) is 13.1 Å². The van der Waals surface area contributed by atoms with Gasteiger partial charge in [0.25, 0.3) is 5.91 Å². The van der Waals surface area contributed by atoms with Crippen molar-refractivity contribution >= 4 is 18.1 Å². The maximum absolute atomic E-state index is 12.4. The lowest BCUT2D eigenvalue weighted by Crippen LogP contribution is -3.13. The number of carbonyl (C=O) groups excluding carboxylic acids is 2. The second kappa shape index (κ2) is 11.4. The van der Waals surface area contributed by atoms with E-state index in [-0.39, 0.29) is 11.5 Å². The lowest BCUT2D eigenvalue weighted by Gasteiger charge is -2.32. The standard InChI is InChI=1S/C27H28N4O3/c32-26(29-28-18-24-8-4-5-9-25(24)27(33)34)23-12-10-22(11-13-23)20-31-16-14-30(15-17-31)19-21-6-2-1-3-7-21/h1-13,18H,14-17,19-20H2,(H,29,32)(H,33,34). The number of rotatable bonds is 8. The smallest absolute Gasteiger partial charge is 0.271 e. The quantitative estimate of drug-likeness (QED) is 0.386. The van der Waals surface area contributed by atoms with Crippen molar-refractivity contribution in [1.29, 1.82) is 0 Å². The molecule has 1 heterocycles. The summed E-state index contributed by atoms with van der Waals surface area (Å²) in [5, 5.41) is 15.0. The molecule has 0 spiro atoms. The van der Waals surface area contributed by atoms with Crippen molar-refractivity contribution in [2.24, 2.45) is 5.10 Å². The lowest BCUT2D eigenvalue weighted by atomic mass is 10.1. The summed E-state index contributed by atoms with van der Waals surface area (Å²) in [4.78, 5) is 27.6. The van der Waals surface area contributed by atoms with Crippen LogP contribution in [0.3, 0.4) is 0 Å². The zero-order chi connectivity index (χ0) is 23.8. The van der Waals surface area contributed by atoms with Crippen LogP contribution in [0.4, 0.5) is 0 Å². The monoisotopic (exact) mass is 456 g/mol. The van der Waals surface area contributed by atoms with Crippen LogP contribution in [0.5, 0.6) is 0 Å². The summed E-state index contributed by atoms with van der Waals surface area (Å²) < 4.78 is 0. The van der Waals surface area contributed by atoms with Gasteiger partial charge >= 0.3 is 0 Å². The Bertz CT molecular complexity index is 1140. The van der Waals surface area contributed by atoms with Gasteiger partial charge in [-0.05, 0) is 17.7 Å². The summed E-state index contributed by atoms with van der Waals surface area (Å²) in [6, 6.07) is 24.4. The second-order valence-electron chi connectivity index (χ2n) is 8.46. The predicted octanol–water partition coefficient (Wildman–Crippen LogP) is 0.715. The van der Waals surface area contributed by atoms with Crippen LogP contribution in [0, 0.1) is 0 Å². The first kappa shape index (κ1) is 23.4. The Balaban J connectivity index is 1.25. The van der Waals surface area contributed by atoms with Crippen molar-refractivity contribution in [3.8, 4) is 0 Å². The van der Waals surface area contributed by atoms with Gasteiger partial charge in [0.15, 0.2) is 0 Å². The Morgan fingerprint density at radius 2 is 1.59 bits per heavy atom. The highest BCUT2D eigenvalue weighted by atomic mass is 16.4. The van der Waals surface area contributed by atoms with Crippen LogP contribution in [0.1, 0.15) is 37.4 Å². The largest absolute Gasteiger partial charge is 0.545 e. The van der Waals surface area contributed by atoms with E-state index >= 15 is 0 Å². The molecule has 0 unspecified atom stereocenters. The summed E-state index contributed by atoms with van der Waals surface area (Å²) in [6.07, 6.45) is 1.30. The van der Waals surface area contributed by atoms with E-state index in [4.69, 9.17) is 0 Å². The number of carbonyl (C=O) groups is 2. The highest BCUT2D eigenvalue weighted by molar-refractivity contribution is 5.98. The molecule has 34 heavy (non-hydrogen) atoms. The van der Waals surface area contributed by atoms with Crippen molar-refractivity contribution in [2.75, 3.05) is 26.2 Å². The fourth-order valence-electron chi connectivity index (χ4n) is 4.13. The number of hydrazone groups is 1. The van der Waals surface area contributed by atoms with Crippen molar-refractivity contribution < 1.29 is 19.6 Å². The number of nitrogens with one attached hydrogen (secondary N) is 2. The van der Waals surface area contributed by atoms with Gasteiger partial charge in [0.05, 0.1) is 25.3 Å². The highest BCUT2D eigenvalue weighted by Gasteiger charge is 2.20. The third-order valence-electron chi connectivity index (χ3n) is 6.03. The van der Waals surface area contributed by atoms with Crippen LogP contribution in [-0.2, 0) is 13.1 Å². The minimum absolute atomic E-state index is 0.0215. The molecule has 7 nitrogen and oxygen atoms in total. The Labute approximate surface area is 199 Å². The second-order valence-corrected chi connectivity index (χ2v) is 8.46. The molecule has 0 saturated carbocycles. The first-order valence-corrected chi connectivity index (χ1v) is 11.4. The molecule has 1 saturated heterocycles. The van der Waals surface area contributed by atoms with E-state index in [1.807, 2.05) is 18.2 Å². The van der Waals surface area contributed by atoms with Gasteiger partial charge in [0, 0.05) is 41.9 Å². The average Bonchev–Trinajstić information content (AvgIpc) is 2.86. The number of benzene rings is 3. The molecule has 3 aromatic carbocycles. The Hall–Kier alpha value is -3.81. The summed E-state index contributed by atoms with van der Waals surface area (Å²) in [7, 11) is 0. The number of hydrogen-bond donors (Lipinski definition) is 2. The highest BCUT2D eigenvalue weighted by Crippen LogP contribution is 2.07. The molecule has 4 rings (SSSR count). The van der Waals surface area contributed by atoms with Crippen molar-refractivity contribution in [3.63, 3.8) is 0 Å². The normalized spacial score (nSPS) is 14.8. The van der Waals surface area contributed by atoms with Gasteiger partial charge in [0.2, 0.25) is 0 Å². The fraction of sp³-hybridized carbons (Fsp3) is 0.222.